The lowest BCUT2D eigenvalue weighted by Gasteiger charge is -2.31. The van der Waals surface area contributed by atoms with Crippen molar-refractivity contribution in [3.63, 3.8) is 0 Å². The van der Waals surface area contributed by atoms with Gasteiger partial charge in [-0.25, -0.2) is 5.06 Å². The van der Waals surface area contributed by atoms with Crippen LogP contribution >= 0.6 is 0 Å². The third-order valence-electron chi connectivity index (χ3n) is 3.63. The molecule has 20 heavy (non-hydrogen) atoms. The highest BCUT2D eigenvalue weighted by atomic mass is 16.7. The number of rotatable bonds is 4. The number of hydrogen-bond donors (Lipinski definition) is 0. The van der Waals surface area contributed by atoms with Gasteiger partial charge in [0.1, 0.15) is 5.92 Å². The third-order valence-corrected chi connectivity index (χ3v) is 3.63. The molecule has 5 heteroatoms. The number of hydrogen-bond acceptors (Lipinski definition) is 4. The standard InChI is InChI=1S/C15H20N2O3/c1-16(20-2)15(19)13-8-9-17(11-14(13)18)10-12-6-4-3-5-7-12/h3-7,13H,8-11H2,1-2H3/t13-/m1/s1. The van der Waals surface area contributed by atoms with Crippen molar-refractivity contribution >= 4 is 11.7 Å². The van der Waals surface area contributed by atoms with E-state index in [0.29, 0.717) is 13.0 Å². The molecule has 1 fully saturated rings. The molecular weight excluding hydrogens is 256 g/mol. The number of carbonyl (C=O) groups excluding carboxylic acids is 2. The number of ketones is 1. The van der Waals surface area contributed by atoms with Crippen molar-refractivity contribution in [2.24, 2.45) is 5.92 Å². The minimum atomic E-state index is -0.563. The monoisotopic (exact) mass is 276 g/mol. The van der Waals surface area contributed by atoms with Gasteiger partial charge in [-0.1, -0.05) is 30.3 Å². The van der Waals surface area contributed by atoms with Crippen molar-refractivity contribution in [2.75, 3.05) is 27.2 Å². The fourth-order valence-electron chi connectivity index (χ4n) is 2.43. The summed E-state index contributed by atoms with van der Waals surface area (Å²) in [5.74, 6) is -0.843. The van der Waals surface area contributed by atoms with E-state index in [9.17, 15) is 9.59 Å². The molecule has 1 heterocycles. The first-order valence-electron chi connectivity index (χ1n) is 6.72. The molecule has 0 aromatic heterocycles. The summed E-state index contributed by atoms with van der Waals surface area (Å²) >= 11 is 0. The minimum absolute atomic E-state index is 0.0268. The van der Waals surface area contributed by atoms with Crippen LogP contribution in [-0.2, 0) is 21.0 Å². The zero-order valence-electron chi connectivity index (χ0n) is 11.9. The quantitative estimate of drug-likeness (QED) is 0.610. The second-order valence-corrected chi connectivity index (χ2v) is 5.02. The maximum atomic E-state index is 12.1. The topological polar surface area (TPSA) is 49.9 Å². The largest absolute Gasteiger partial charge is 0.297 e. The van der Waals surface area contributed by atoms with E-state index in [1.54, 1.807) is 0 Å². The Bertz CT molecular complexity index is 475. The van der Waals surface area contributed by atoms with Crippen molar-refractivity contribution < 1.29 is 14.4 Å². The Labute approximate surface area is 119 Å². The number of likely N-dealkylation sites (tertiary alicyclic amines) is 1. The number of benzene rings is 1. The van der Waals surface area contributed by atoms with Crippen molar-refractivity contribution in [1.82, 2.24) is 9.96 Å². The molecule has 2 rings (SSSR count). The van der Waals surface area contributed by atoms with Gasteiger partial charge in [0.15, 0.2) is 5.78 Å². The Morgan fingerprint density at radius 1 is 1.40 bits per heavy atom. The Morgan fingerprint density at radius 3 is 2.70 bits per heavy atom. The van der Waals surface area contributed by atoms with Crippen LogP contribution in [0.1, 0.15) is 12.0 Å². The second-order valence-electron chi connectivity index (χ2n) is 5.02. The lowest BCUT2D eigenvalue weighted by atomic mass is 9.94. The molecule has 1 aliphatic heterocycles. The summed E-state index contributed by atoms with van der Waals surface area (Å²) in [7, 11) is 2.96. The van der Waals surface area contributed by atoms with Crippen molar-refractivity contribution in [2.45, 2.75) is 13.0 Å². The molecule has 1 atom stereocenters. The zero-order chi connectivity index (χ0) is 14.5. The summed E-state index contributed by atoms with van der Waals surface area (Å²) in [6.07, 6.45) is 0.554. The molecular formula is C15H20N2O3. The Morgan fingerprint density at radius 2 is 2.10 bits per heavy atom. The van der Waals surface area contributed by atoms with Crippen LogP contribution in [-0.4, -0.2) is 48.9 Å². The predicted molar refractivity (Wildman–Crippen MR) is 74.6 cm³/mol. The molecule has 1 saturated heterocycles. The van der Waals surface area contributed by atoms with Gasteiger partial charge in [0.05, 0.1) is 13.7 Å². The molecule has 0 bridgehead atoms. The van der Waals surface area contributed by atoms with E-state index in [1.807, 2.05) is 30.3 Å². The zero-order valence-corrected chi connectivity index (χ0v) is 11.9. The molecule has 0 spiro atoms. The SMILES string of the molecule is CON(C)C(=O)[C@@H]1CCN(Cc2ccccc2)CC1=O. The average molecular weight is 276 g/mol. The van der Waals surface area contributed by atoms with Gasteiger partial charge in [-0.2, -0.15) is 0 Å². The maximum absolute atomic E-state index is 12.1. The van der Waals surface area contributed by atoms with Gasteiger partial charge in [-0.3, -0.25) is 19.3 Å². The summed E-state index contributed by atoms with van der Waals surface area (Å²) < 4.78 is 0. The smallest absolute Gasteiger partial charge is 0.256 e. The lowest BCUT2D eigenvalue weighted by molar-refractivity contribution is -0.176. The molecule has 1 amide bonds. The van der Waals surface area contributed by atoms with E-state index in [-0.39, 0.29) is 11.7 Å². The van der Waals surface area contributed by atoms with E-state index in [2.05, 4.69) is 4.90 Å². The van der Waals surface area contributed by atoms with Gasteiger partial charge in [0.2, 0.25) is 0 Å². The number of Topliss-reactive ketones (excluding diaryl/α,β-unsaturated/α-hetero) is 1. The average Bonchev–Trinajstić information content (AvgIpc) is 2.47. The Balaban J connectivity index is 1.92. The first kappa shape index (κ1) is 14.7. The molecule has 1 aliphatic rings. The van der Waals surface area contributed by atoms with Crippen LogP contribution in [0.15, 0.2) is 30.3 Å². The van der Waals surface area contributed by atoms with Gasteiger partial charge in [0, 0.05) is 20.1 Å². The highest BCUT2D eigenvalue weighted by Gasteiger charge is 2.34. The summed E-state index contributed by atoms with van der Waals surface area (Å²) in [5.41, 5.74) is 1.18. The number of nitrogens with zero attached hydrogens (tertiary/aromatic N) is 2. The van der Waals surface area contributed by atoms with Gasteiger partial charge in [0.25, 0.3) is 5.91 Å². The van der Waals surface area contributed by atoms with Crippen molar-refractivity contribution in [3.05, 3.63) is 35.9 Å². The van der Waals surface area contributed by atoms with Crippen LogP contribution < -0.4 is 0 Å². The number of carbonyl (C=O) groups is 2. The number of hydroxylamine groups is 2. The van der Waals surface area contributed by atoms with Crippen LogP contribution in [0.2, 0.25) is 0 Å². The van der Waals surface area contributed by atoms with Gasteiger partial charge >= 0.3 is 0 Å². The van der Waals surface area contributed by atoms with Crippen LogP contribution in [0.3, 0.4) is 0 Å². The van der Waals surface area contributed by atoms with E-state index >= 15 is 0 Å². The molecule has 0 aliphatic carbocycles. The molecule has 5 nitrogen and oxygen atoms in total. The Hall–Kier alpha value is -1.72. The van der Waals surface area contributed by atoms with Crippen molar-refractivity contribution in [3.8, 4) is 0 Å². The molecule has 1 aromatic rings. The molecule has 0 N–H and O–H groups in total. The maximum Gasteiger partial charge on any atom is 0.256 e. The van der Waals surface area contributed by atoms with Crippen LogP contribution in [0.25, 0.3) is 0 Å². The van der Waals surface area contributed by atoms with E-state index in [0.717, 1.165) is 18.2 Å². The first-order chi connectivity index (χ1) is 9.61. The van der Waals surface area contributed by atoms with Gasteiger partial charge in [-0.05, 0) is 12.0 Å². The second kappa shape index (κ2) is 6.63. The summed E-state index contributed by atoms with van der Waals surface area (Å²) in [5, 5.41) is 1.13. The lowest BCUT2D eigenvalue weighted by Crippen LogP contribution is -2.46. The highest BCUT2D eigenvalue weighted by molar-refractivity contribution is 6.02. The Kier molecular flexibility index (Phi) is 4.87. The summed E-state index contributed by atoms with van der Waals surface area (Å²) in [6.45, 7) is 1.81. The molecule has 0 radical (unpaired) electrons. The van der Waals surface area contributed by atoms with Crippen molar-refractivity contribution in [1.29, 1.82) is 0 Å². The number of amides is 1. The third kappa shape index (κ3) is 3.43. The molecule has 0 unspecified atom stereocenters. The normalized spacial score (nSPS) is 19.9. The number of piperidine rings is 1. The fraction of sp³-hybridized carbons (Fsp3) is 0.467. The summed E-state index contributed by atoms with van der Waals surface area (Å²) in [6, 6.07) is 10.0. The van der Waals surface area contributed by atoms with Crippen LogP contribution in [0.5, 0.6) is 0 Å². The van der Waals surface area contributed by atoms with Crippen LogP contribution in [0, 0.1) is 5.92 Å². The van der Waals surface area contributed by atoms with Crippen LogP contribution in [0.4, 0.5) is 0 Å². The van der Waals surface area contributed by atoms with E-state index < -0.39 is 5.92 Å². The predicted octanol–water partition coefficient (Wildman–Crippen LogP) is 1.10. The van der Waals surface area contributed by atoms with Gasteiger partial charge in [-0.15, -0.1) is 0 Å². The molecule has 108 valence electrons. The molecule has 0 saturated carbocycles. The minimum Gasteiger partial charge on any atom is -0.297 e. The molecule has 1 aromatic carbocycles. The fourth-order valence-corrected chi connectivity index (χ4v) is 2.43. The first-order valence-corrected chi connectivity index (χ1v) is 6.72. The van der Waals surface area contributed by atoms with E-state index in [1.165, 1.54) is 19.7 Å². The van der Waals surface area contributed by atoms with E-state index in [4.69, 9.17) is 4.84 Å². The highest BCUT2D eigenvalue weighted by Crippen LogP contribution is 2.18. The van der Waals surface area contributed by atoms with Gasteiger partial charge < -0.3 is 0 Å². The summed E-state index contributed by atoms with van der Waals surface area (Å²) in [4.78, 5) is 31.0.